The zero-order chi connectivity index (χ0) is 11.8. The van der Waals surface area contributed by atoms with Gasteiger partial charge in [0.15, 0.2) is 0 Å². The second-order valence-electron chi connectivity index (χ2n) is 4.11. The third-order valence-electron chi connectivity index (χ3n) is 2.74. The Morgan fingerprint density at radius 3 is 2.44 bits per heavy atom. The number of rotatable bonds is 4. The molecule has 0 heterocycles. The van der Waals surface area contributed by atoms with E-state index in [2.05, 4.69) is 10.6 Å². The van der Waals surface area contributed by atoms with E-state index in [0.29, 0.717) is 18.8 Å². The fourth-order valence-corrected chi connectivity index (χ4v) is 1.98. The van der Waals surface area contributed by atoms with Gasteiger partial charge in [-0.15, -0.1) is 11.6 Å². The Balaban J connectivity index is 2.19. The van der Waals surface area contributed by atoms with E-state index in [9.17, 15) is 9.59 Å². The summed E-state index contributed by atoms with van der Waals surface area (Å²) in [6.45, 7) is 0.459. The molecular weight excluding hydrogens is 228 g/mol. The third kappa shape index (κ3) is 4.84. The molecule has 0 aliphatic heterocycles. The van der Waals surface area contributed by atoms with Gasteiger partial charge >= 0.3 is 11.8 Å². The molecule has 0 unspecified atom stereocenters. The van der Waals surface area contributed by atoms with Gasteiger partial charge in [0.1, 0.15) is 0 Å². The van der Waals surface area contributed by atoms with Crippen molar-refractivity contribution in [2.24, 2.45) is 0 Å². The maximum absolute atomic E-state index is 11.4. The van der Waals surface area contributed by atoms with Crippen LogP contribution in [0.3, 0.4) is 0 Å². The molecule has 0 aromatic rings. The number of alkyl halides is 1. The first-order valence-corrected chi connectivity index (χ1v) is 6.42. The summed E-state index contributed by atoms with van der Waals surface area (Å²) < 4.78 is 0. The number of halogens is 1. The molecule has 0 aromatic carbocycles. The van der Waals surface area contributed by atoms with Crippen molar-refractivity contribution in [3.05, 3.63) is 0 Å². The van der Waals surface area contributed by atoms with Crippen molar-refractivity contribution in [2.45, 2.75) is 44.6 Å². The molecule has 1 aliphatic rings. The lowest BCUT2D eigenvalue weighted by Crippen LogP contribution is -2.45. The molecule has 0 spiro atoms. The zero-order valence-electron chi connectivity index (χ0n) is 9.43. The van der Waals surface area contributed by atoms with Crippen molar-refractivity contribution in [3.8, 4) is 0 Å². The van der Waals surface area contributed by atoms with E-state index in [-0.39, 0.29) is 6.04 Å². The van der Waals surface area contributed by atoms with Gasteiger partial charge in [0, 0.05) is 18.5 Å². The smallest absolute Gasteiger partial charge is 0.309 e. The molecule has 0 aromatic heterocycles. The lowest BCUT2D eigenvalue weighted by atomic mass is 9.95. The lowest BCUT2D eigenvalue weighted by Gasteiger charge is -2.22. The molecule has 92 valence electrons. The van der Waals surface area contributed by atoms with Gasteiger partial charge in [0.2, 0.25) is 0 Å². The minimum atomic E-state index is -0.546. The standard InChI is InChI=1S/C11H19ClN2O2/c12-7-4-8-13-10(15)11(16)14-9-5-2-1-3-6-9/h9H,1-8H2,(H,13,15)(H,14,16). The van der Waals surface area contributed by atoms with Crippen LogP contribution in [0.4, 0.5) is 0 Å². The Morgan fingerprint density at radius 1 is 1.12 bits per heavy atom. The first-order valence-electron chi connectivity index (χ1n) is 5.88. The highest BCUT2D eigenvalue weighted by Gasteiger charge is 2.19. The summed E-state index contributed by atoms with van der Waals surface area (Å²) >= 11 is 5.47. The quantitative estimate of drug-likeness (QED) is 0.445. The van der Waals surface area contributed by atoms with Crippen molar-refractivity contribution in [1.82, 2.24) is 10.6 Å². The molecule has 2 N–H and O–H groups in total. The summed E-state index contributed by atoms with van der Waals surface area (Å²) in [4.78, 5) is 22.8. The average molecular weight is 247 g/mol. The highest BCUT2D eigenvalue weighted by molar-refractivity contribution is 6.35. The van der Waals surface area contributed by atoms with Crippen LogP contribution in [0.15, 0.2) is 0 Å². The Labute approximate surface area is 101 Å². The molecule has 1 aliphatic carbocycles. The van der Waals surface area contributed by atoms with Gasteiger partial charge in [-0.1, -0.05) is 19.3 Å². The normalized spacial score (nSPS) is 16.8. The van der Waals surface area contributed by atoms with Crippen molar-refractivity contribution in [2.75, 3.05) is 12.4 Å². The molecule has 0 radical (unpaired) electrons. The van der Waals surface area contributed by atoms with Crippen LogP contribution in [0, 0.1) is 0 Å². The number of carbonyl (C=O) groups is 2. The van der Waals surface area contributed by atoms with Crippen LogP contribution in [0.25, 0.3) is 0 Å². The molecule has 4 nitrogen and oxygen atoms in total. The summed E-state index contributed by atoms with van der Waals surface area (Å²) in [7, 11) is 0. The van der Waals surface area contributed by atoms with Crippen molar-refractivity contribution in [3.63, 3.8) is 0 Å². The van der Waals surface area contributed by atoms with Crippen LogP contribution in [-0.2, 0) is 9.59 Å². The van der Waals surface area contributed by atoms with E-state index < -0.39 is 11.8 Å². The summed E-state index contributed by atoms with van der Waals surface area (Å²) in [6, 6.07) is 0.181. The van der Waals surface area contributed by atoms with Gasteiger partial charge < -0.3 is 10.6 Å². The lowest BCUT2D eigenvalue weighted by molar-refractivity contribution is -0.139. The van der Waals surface area contributed by atoms with E-state index in [1.54, 1.807) is 0 Å². The van der Waals surface area contributed by atoms with Crippen LogP contribution in [0.5, 0.6) is 0 Å². The monoisotopic (exact) mass is 246 g/mol. The topological polar surface area (TPSA) is 58.2 Å². The van der Waals surface area contributed by atoms with Crippen LogP contribution < -0.4 is 10.6 Å². The van der Waals surface area contributed by atoms with Gasteiger partial charge in [-0.2, -0.15) is 0 Å². The van der Waals surface area contributed by atoms with Crippen LogP contribution in [0.2, 0.25) is 0 Å². The van der Waals surface area contributed by atoms with Crippen LogP contribution >= 0.6 is 11.6 Å². The third-order valence-corrected chi connectivity index (χ3v) is 3.01. The molecule has 1 fully saturated rings. The van der Waals surface area contributed by atoms with Crippen molar-refractivity contribution < 1.29 is 9.59 Å². The number of carbonyl (C=O) groups excluding carboxylic acids is 2. The maximum Gasteiger partial charge on any atom is 0.309 e. The second kappa shape index (κ2) is 7.49. The number of amides is 2. The molecule has 5 heteroatoms. The fourth-order valence-electron chi connectivity index (χ4n) is 1.85. The van der Waals surface area contributed by atoms with Gasteiger partial charge in [0.05, 0.1) is 0 Å². The van der Waals surface area contributed by atoms with E-state index in [0.717, 1.165) is 25.7 Å². The minimum absolute atomic E-state index is 0.181. The number of nitrogens with one attached hydrogen (secondary N) is 2. The minimum Gasteiger partial charge on any atom is -0.348 e. The van der Waals surface area contributed by atoms with E-state index in [1.807, 2.05) is 0 Å². The van der Waals surface area contributed by atoms with E-state index >= 15 is 0 Å². The van der Waals surface area contributed by atoms with Gasteiger partial charge in [-0.05, 0) is 19.3 Å². The summed E-state index contributed by atoms with van der Waals surface area (Å²) in [6.07, 6.45) is 6.16. The molecule has 0 saturated heterocycles. The first kappa shape index (κ1) is 13.3. The molecule has 2 amide bonds. The zero-order valence-corrected chi connectivity index (χ0v) is 10.2. The summed E-state index contributed by atoms with van der Waals surface area (Å²) in [5.41, 5.74) is 0. The Morgan fingerprint density at radius 2 is 1.81 bits per heavy atom. The largest absolute Gasteiger partial charge is 0.348 e. The van der Waals surface area contributed by atoms with Crippen LogP contribution in [-0.4, -0.2) is 30.3 Å². The number of hydrogen-bond acceptors (Lipinski definition) is 2. The molecule has 0 atom stereocenters. The summed E-state index contributed by atoms with van der Waals surface area (Å²) in [5.74, 6) is -0.568. The maximum atomic E-state index is 11.4. The SMILES string of the molecule is O=C(NCCCCl)C(=O)NC1CCCCC1. The van der Waals surface area contributed by atoms with Gasteiger partial charge in [-0.25, -0.2) is 0 Å². The predicted molar refractivity (Wildman–Crippen MR) is 63.4 cm³/mol. The summed E-state index contributed by atoms with van der Waals surface area (Å²) in [5, 5.41) is 5.30. The second-order valence-corrected chi connectivity index (χ2v) is 4.48. The Hall–Kier alpha value is -0.770. The van der Waals surface area contributed by atoms with Crippen LogP contribution in [0.1, 0.15) is 38.5 Å². The molecule has 16 heavy (non-hydrogen) atoms. The fraction of sp³-hybridized carbons (Fsp3) is 0.818. The van der Waals surface area contributed by atoms with Crippen molar-refractivity contribution >= 4 is 23.4 Å². The first-order chi connectivity index (χ1) is 7.74. The molecule has 0 bridgehead atoms. The van der Waals surface area contributed by atoms with E-state index in [1.165, 1.54) is 6.42 Å². The van der Waals surface area contributed by atoms with Gasteiger partial charge in [-0.3, -0.25) is 9.59 Å². The highest BCUT2D eigenvalue weighted by Crippen LogP contribution is 2.17. The molecule has 1 rings (SSSR count). The average Bonchev–Trinajstić information content (AvgIpc) is 2.30. The predicted octanol–water partition coefficient (Wildman–Crippen LogP) is 1.18. The Bertz CT molecular complexity index is 240. The molecular formula is C11H19ClN2O2. The Kier molecular flexibility index (Phi) is 6.23. The number of hydrogen-bond donors (Lipinski definition) is 2. The van der Waals surface area contributed by atoms with Crippen molar-refractivity contribution in [1.29, 1.82) is 0 Å². The van der Waals surface area contributed by atoms with E-state index in [4.69, 9.17) is 11.6 Å². The molecule has 1 saturated carbocycles. The highest BCUT2D eigenvalue weighted by atomic mass is 35.5. The van der Waals surface area contributed by atoms with Gasteiger partial charge in [0.25, 0.3) is 0 Å².